The third-order valence-corrected chi connectivity index (χ3v) is 3.79. The lowest BCUT2D eigenvalue weighted by Gasteiger charge is -2.21. The molecule has 0 fully saturated rings. The fourth-order valence-electron chi connectivity index (χ4n) is 2.36. The van der Waals surface area contributed by atoms with Gasteiger partial charge in [-0.2, -0.15) is 0 Å². The summed E-state index contributed by atoms with van der Waals surface area (Å²) in [5, 5.41) is 8.00. The summed E-state index contributed by atoms with van der Waals surface area (Å²) in [6.45, 7) is 7.09. The highest BCUT2D eigenvalue weighted by Gasteiger charge is 2.16. The molecule has 0 aliphatic heterocycles. The van der Waals surface area contributed by atoms with Crippen LogP contribution >= 0.6 is 0 Å². The smallest absolute Gasteiger partial charge is 0.243 e. The Morgan fingerprint density at radius 1 is 1.19 bits per heavy atom. The zero-order valence-electron chi connectivity index (χ0n) is 16.0. The van der Waals surface area contributed by atoms with Crippen LogP contribution in [0.5, 0.6) is 0 Å². The van der Waals surface area contributed by atoms with E-state index in [0.29, 0.717) is 25.0 Å². The van der Waals surface area contributed by atoms with Crippen LogP contribution in [0, 0.1) is 23.4 Å². The Labute approximate surface area is 157 Å². The van der Waals surface area contributed by atoms with Crippen LogP contribution in [0.25, 0.3) is 0 Å². The highest BCUT2D eigenvalue weighted by atomic mass is 19.2. The zero-order valence-corrected chi connectivity index (χ0v) is 16.0. The second-order valence-corrected chi connectivity index (χ2v) is 6.15. The van der Waals surface area contributed by atoms with Crippen LogP contribution < -0.4 is 16.0 Å². The number of amides is 1. The first-order valence-electron chi connectivity index (χ1n) is 8.79. The van der Waals surface area contributed by atoms with Crippen molar-refractivity contribution in [2.75, 3.05) is 32.1 Å². The molecular formula is C18H27F3N4O2. The minimum atomic E-state index is -1.63. The van der Waals surface area contributed by atoms with E-state index in [1.54, 1.807) is 7.05 Å². The van der Waals surface area contributed by atoms with Gasteiger partial charge in [0.15, 0.2) is 23.4 Å². The number of ether oxygens (including phenoxy) is 1. The normalized spacial score (nSPS) is 12.8. The lowest BCUT2D eigenvalue weighted by atomic mass is 10.0. The molecule has 3 N–H and O–H groups in total. The maximum absolute atomic E-state index is 13.6. The van der Waals surface area contributed by atoms with Crippen LogP contribution in [-0.4, -0.2) is 44.7 Å². The summed E-state index contributed by atoms with van der Waals surface area (Å²) < 4.78 is 45.3. The monoisotopic (exact) mass is 388 g/mol. The number of hydrogen-bond donors (Lipinski definition) is 3. The molecule has 0 heterocycles. The number of nitrogens with zero attached hydrogens (tertiary/aromatic N) is 1. The van der Waals surface area contributed by atoms with E-state index < -0.39 is 29.0 Å². The number of anilines is 1. The number of rotatable bonds is 9. The fraction of sp³-hybridized carbons (Fsp3) is 0.556. The van der Waals surface area contributed by atoms with Gasteiger partial charge < -0.3 is 20.7 Å². The predicted octanol–water partition coefficient (Wildman–Crippen LogP) is 2.66. The quantitative estimate of drug-likeness (QED) is 0.345. The Bertz CT molecular complexity index is 654. The molecule has 1 amide bonds. The molecule has 9 heteroatoms. The van der Waals surface area contributed by atoms with Crippen molar-refractivity contribution in [3.63, 3.8) is 0 Å². The Morgan fingerprint density at radius 3 is 2.48 bits per heavy atom. The molecule has 27 heavy (non-hydrogen) atoms. The molecular weight excluding hydrogens is 361 g/mol. The van der Waals surface area contributed by atoms with E-state index in [1.807, 2.05) is 6.92 Å². The first kappa shape index (κ1) is 22.8. The van der Waals surface area contributed by atoms with Crippen LogP contribution in [0.3, 0.4) is 0 Å². The molecule has 1 aromatic carbocycles. The highest BCUT2D eigenvalue weighted by molar-refractivity contribution is 5.95. The number of aliphatic imine (C=N–C) groups is 1. The van der Waals surface area contributed by atoms with Crippen LogP contribution in [0.4, 0.5) is 18.9 Å². The Morgan fingerprint density at radius 2 is 1.89 bits per heavy atom. The summed E-state index contributed by atoms with van der Waals surface area (Å²) in [7, 11) is 1.55. The van der Waals surface area contributed by atoms with Gasteiger partial charge in [0, 0.05) is 20.2 Å². The summed E-state index contributed by atoms with van der Waals surface area (Å²) in [6.07, 6.45) is 0.874. The largest absolute Gasteiger partial charge is 0.378 e. The van der Waals surface area contributed by atoms with Gasteiger partial charge in [0.05, 0.1) is 18.3 Å². The number of carbonyl (C=O) groups excluding carboxylic acids is 1. The lowest BCUT2D eigenvalue weighted by Crippen LogP contribution is -2.42. The van der Waals surface area contributed by atoms with E-state index >= 15 is 0 Å². The molecule has 152 valence electrons. The van der Waals surface area contributed by atoms with Crippen LogP contribution in [0.1, 0.15) is 27.2 Å². The second-order valence-electron chi connectivity index (χ2n) is 6.15. The fourth-order valence-corrected chi connectivity index (χ4v) is 2.36. The van der Waals surface area contributed by atoms with E-state index in [2.05, 4.69) is 34.8 Å². The molecule has 6 nitrogen and oxygen atoms in total. The Hall–Kier alpha value is -2.29. The van der Waals surface area contributed by atoms with Crippen molar-refractivity contribution in [3.8, 4) is 0 Å². The van der Waals surface area contributed by atoms with E-state index in [0.717, 1.165) is 18.6 Å². The predicted molar refractivity (Wildman–Crippen MR) is 99.2 cm³/mol. The average Bonchev–Trinajstić information content (AvgIpc) is 2.63. The molecule has 1 rings (SSSR count). The highest BCUT2D eigenvalue weighted by Crippen LogP contribution is 2.19. The molecule has 0 saturated heterocycles. The Kier molecular flexibility index (Phi) is 9.63. The molecule has 0 aliphatic carbocycles. The molecule has 1 unspecified atom stereocenters. The van der Waals surface area contributed by atoms with Gasteiger partial charge in [-0.05, 0) is 31.4 Å². The van der Waals surface area contributed by atoms with Gasteiger partial charge in [0.2, 0.25) is 5.91 Å². The SMILES string of the molecule is CCOC(CCNC(=NC)NCC(=O)Nc1ccc(F)c(F)c1F)C(C)C. The first-order chi connectivity index (χ1) is 12.8. The van der Waals surface area contributed by atoms with Gasteiger partial charge >= 0.3 is 0 Å². The number of hydrogen-bond acceptors (Lipinski definition) is 3. The van der Waals surface area contributed by atoms with Crippen molar-refractivity contribution in [1.82, 2.24) is 10.6 Å². The number of benzene rings is 1. The molecule has 0 radical (unpaired) electrons. The summed E-state index contributed by atoms with van der Waals surface area (Å²) in [4.78, 5) is 15.9. The van der Waals surface area contributed by atoms with Crippen molar-refractivity contribution in [2.45, 2.75) is 33.3 Å². The number of halogens is 3. The van der Waals surface area contributed by atoms with Crippen LogP contribution in [-0.2, 0) is 9.53 Å². The van der Waals surface area contributed by atoms with Gasteiger partial charge in [-0.15, -0.1) is 0 Å². The van der Waals surface area contributed by atoms with Crippen molar-refractivity contribution in [1.29, 1.82) is 0 Å². The summed E-state index contributed by atoms with van der Waals surface area (Å²) in [5.74, 6) is -4.26. The number of nitrogens with one attached hydrogen (secondary N) is 3. The van der Waals surface area contributed by atoms with Gasteiger partial charge in [-0.25, -0.2) is 13.2 Å². The summed E-state index contributed by atoms with van der Waals surface area (Å²) >= 11 is 0. The van der Waals surface area contributed by atoms with Crippen molar-refractivity contribution >= 4 is 17.6 Å². The van der Waals surface area contributed by atoms with Gasteiger partial charge in [-0.3, -0.25) is 9.79 Å². The van der Waals surface area contributed by atoms with Gasteiger partial charge in [0.1, 0.15) is 0 Å². The minimum Gasteiger partial charge on any atom is -0.378 e. The maximum atomic E-state index is 13.6. The van der Waals surface area contributed by atoms with Crippen molar-refractivity contribution in [3.05, 3.63) is 29.6 Å². The minimum absolute atomic E-state index is 0.111. The van der Waals surface area contributed by atoms with Crippen LogP contribution in [0.15, 0.2) is 17.1 Å². The Balaban J connectivity index is 2.46. The molecule has 0 aromatic heterocycles. The molecule has 0 spiro atoms. The zero-order chi connectivity index (χ0) is 20.4. The first-order valence-corrected chi connectivity index (χ1v) is 8.79. The number of carbonyl (C=O) groups is 1. The molecule has 1 aromatic rings. The van der Waals surface area contributed by atoms with Crippen molar-refractivity contribution < 1.29 is 22.7 Å². The molecule has 0 aliphatic rings. The van der Waals surface area contributed by atoms with E-state index in [4.69, 9.17) is 4.74 Å². The second kappa shape index (κ2) is 11.4. The topological polar surface area (TPSA) is 74.8 Å². The number of guanidine groups is 1. The standard InChI is InChI=1S/C18H27F3N4O2/c1-5-27-14(11(2)3)8-9-23-18(22-4)24-10-15(26)25-13-7-6-12(19)16(20)17(13)21/h6-7,11,14H,5,8-10H2,1-4H3,(H,25,26)(H2,22,23,24). The lowest BCUT2D eigenvalue weighted by molar-refractivity contribution is -0.115. The van der Waals surface area contributed by atoms with Crippen LogP contribution in [0.2, 0.25) is 0 Å². The third-order valence-electron chi connectivity index (χ3n) is 3.79. The summed E-state index contributed by atoms with van der Waals surface area (Å²) in [6, 6.07) is 1.70. The third kappa shape index (κ3) is 7.46. The average molecular weight is 388 g/mol. The van der Waals surface area contributed by atoms with Crippen molar-refractivity contribution in [2.24, 2.45) is 10.9 Å². The molecule has 0 bridgehead atoms. The van der Waals surface area contributed by atoms with E-state index in [1.165, 1.54) is 0 Å². The van der Waals surface area contributed by atoms with E-state index in [9.17, 15) is 18.0 Å². The molecule has 1 atom stereocenters. The molecule has 0 saturated carbocycles. The van der Waals surface area contributed by atoms with Gasteiger partial charge in [-0.1, -0.05) is 13.8 Å². The van der Waals surface area contributed by atoms with E-state index in [-0.39, 0.29) is 12.6 Å². The maximum Gasteiger partial charge on any atom is 0.243 e. The van der Waals surface area contributed by atoms with Gasteiger partial charge in [0.25, 0.3) is 0 Å². The summed E-state index contributed by atoms with van der Waals surface area (Å²) in [5.41, 5.74) is -0.430.